The average Bonchev–Trinajstić information content (AvgIpc) is 3.09. The summed E-state index contributed by atoms with van der Waals surface area (Å²) in [6.45, 7) is 2.07. The van der Waals surface area contributed by atoms with Gasteiger partial charge in [-0.05, 0) is 47.2 Å². The number of hydrogen-bond donors (Lipinski definition) is 4. The van der Waals surface area contributed by atoms with E-state index in [4.69, 9.17) is 16.3 Å². The lowest BCUT2D eigenvalue weighted by atomic mass is 9.91. The number of hydrogen-bond acceptors (Lipinski definition) is 6. The van der Waals surface area contributed by atoms with Crippen molar-refractivity contribution in [3.05, 3.63) is 69.2 Å². The number of rotatable bonds is 5. The van der Waals surface area contributed by atoms with Gasteiger partial charge in [-0.1, -0.05) is 49.2 Å². The number of ether oxygens (including phenoxy) is 1. The molecule has 2 aliphatic rings. The highest BCUT2D eigenvalue weighted by atomic mass is 35.5. The summed E-state index contributed by atoms with van der Waals surface area (Å²) in [5.41, 5.74) is 4.92. The lowest BCUT2D eigenvalue weighted by molar-refractivity contribution is -0.147. The first-order chi connectivity index (χ1) is 14.4. The molecule has 2 heterocycles. The summed E-state index contributed by atoms with van der Waals surface area (Å²) in [7, 11) is 0. The molecule has 0 unspecified atom stereocenters. The molecule has 0 bridgehead atoms. The number of aliphatic hydroxyl groups excluding tert-OH is 4. The third-order valence-electron chi connectivity index (χ3n) is 6.00. The summed E-state index contributed by atoms with van der Waals surface area (Å²) in [5, 5.41) is 41.0. The SMILES string of the molecule is CCCc1ccc(Cc2cc3c(cc2Cl)CO[C@]32S[C@H](CO)[C@@H](O)[C@H](O)[C@H]2O)cc1. The van der Waals surface area contributed by atoms with Gasteiger partial charge in [0.05, 0.1) is 24.6 Å². The minimum Gasteiger partial charge on any atom is -0.395 e. The standard InChI is InChI=1S/C23H27ClO5S/c1-2-3-13-4-6-14(7-5-13)8-15-9-17-16(10-18(15)24)12-29-23(17)22(28)21(27)20(26)19(11-25)30-23/h4-7,9-10,19-22,25-28H,2-3,8,11-12H2,1H3/t19-,20-,21+,22-,23+/m1/s1. The monoisotopic (exact) mass is 450 g/mol. The molecule has 0 amide bonds. The maximum atomic E-state index is 10.8. The zero-order chi connectivity index (χ0) is 21.5. The van der Waals surface area contributed by atoms with Crippen LogP contribution in [0.15, 0.2) is 36.4 Å². The smallest absolute Gasteiger partial charge is 0.168 e. The van der Waals surface area contributed by atoms with Crippen molar-refractivity contribution in [3.63, 3.8) is 0 Å². The second kappa shape index (κ2) is 8.79. The zero-order valence-electron chi connectivity index (χ0n) is 16.8. The molecule has 5 atom stereocenters. The van der Waals surface area contributed by atoms with E-state index in [1.54, 1.807) is 0 Å². The predicted molar refractivity (Wildman–Crippen MR) is 118 cm³/mol. The third kappa shape index (κ3) is 3.79. The van der Waals surface area contributed by atoms with E-state index in [2.05, 4.69) is 31.2 Å². The Kier molecular flexibility index (Phi) is 6.47. The van der Waals surface area contributed by atoms with Gasteiger partial charge in [-0.15, -0.1) is 11.8 Å². The van der Waals surface area contributed by atoms with Crippen molar-refractivity contribution in [2.24, 2.45) is 0 Å². The molecule has 0 aromatic heterocycles. The topological polar surface area (TPSA) is 90.2 Å². The van der Waals surface area contributed by atoms with Crippen LogP contribution in [0, 0.1) is 0 Å². The lowest BCUT2D eigenvalue weighted by Gasteiger charge is -2.45. The van der Waals surface area contributed by atoms with Gasteiger partial charge < -0.3 is 25.2 Å². The van der Waals surface area contributed by atoms with Gasteiger partial charge in [0.2, 0.25) is 0 Å². The van der Waals surface area contributed by atoms with Crippen molar-refractivity contribution in [3.8, 4) is 0 Å². The Labute approximate surface area is 185 Å². The van der Waals surface area contributed by atoms with Crippen LogP contribution < -0.4 is 0 Å². The Morgan fingerprint density at radius 3 is 2.47 bits per heavy atom. The molecule has 7 heteroatoms. The molecular weight excluding hydrogens is 424 g/mol. The van der Waals surface area contributed by atoms with E-state index in [-0.39, 0.29) is 13.2 Å². The van der Waals surface area contributed by atoms with Crippen molar-refractivity contribution in [2.45, 2.75) is 61.3 Å². The summed E-state index contributed by atoms with van der Waals surface area (Å²) in [6, 6.07) is 12.3. The van der Waals surface area contributed by atoms with Crippen molar-refractivity contribution in [1.29, 1.82) is 0 Å². The van der Waals surface area contributed by atoms with Crippen LogP contribution in [0.2, 0.25) is 5.02 Å². The highest BCUT2D eigenvalue weighted by molar-refractivity contribution is 8.00. The summed E-state index contributed by atoms with van der Waals surface area (Å²) in [4.78, 5) is -1.24. The summed E-state index contributed by atoms with van der Waals surface area (Å²) in [6.07, 6.45) is -1.20. The van der Waals surface area contributed by atoms with E-state index < -0.39 is 28.5 Å². The summed E-state index contributed by atoms with van der Waals surface area (Å²) >= 11 is 7.71. The normalized spacial score (nSPS) is 30.6. The van der Waals surface area contributed by atoms with Crippen molar-refractivity contribution >= 4 is 23.4 Å². The third-order valence-corrected chi connectivity index (χ3v) is 8.01. The van der Waals surface area contributed by atoms with Gasteiger partial charge in [-0.3, -0.25) is 0 Å². The van der Waals surface area contributed by atoms with Crippen molar-refractivity contribution in [2.75, 3.05) is 6.61 Å². The molecule has 1 fully saturated rings. The van der Waals surface area contributed by atoms with Gasteiger partial charge in [0, 0.05) is 10.6 Å². The van der Waals surface area contributed by atoms with Crippen molar-refractivity contribution < 1.29 is 25.2 Å². The molecule has 162 valence electrons. The molecular formula is C23H27ClO5S. The van der Waals surface area contributed by atoms with Gasteiger partial charge in [-0.2, -0.15) is 0 Å². The number of aliphatic hydroxyl groups is 4. The van der Waals surface area contributed by atoms with Crippen LogP contribution in [0.4, 0.5) is 0 Å². The van der Waals surface area contributed by atoms with Crippen LogP contribution in [0.3, 0.4) is 0 Å². The van der Waals surface area contributed by atoms with E-state index in [1.807, 2.05) is 12.1 Å². The van der Waals surface area contributed by atoms with Crippen LogP contribution in [0.1, 0.15) is 41.2 Å². The van der Waals surface area contributed by atoms with Gasteiger partial charge in [0.15, 0.2) is 4.93 Å². The Morgan fingerprint density at radius 1 is 1.10 bits per heavy atom. The summed E-state index contributed by atoms with van der Waals surface area (Å²) in [5.74, 6) is 0. The Balaban J connectivity index is 1.67. The maximum absolute atomic E-state index is 10.8. The summed E-state index contributed by atoms with van der Waals surface area (Å²) < 4.78 is 5.99. The minimum absolute atomic E-state index is 0.242. The Bertz CT molecular complexity index is 903. The van der Waals surface area contributed by atoms with E-state index in [0.29, 0.717) is 11.4 Å². The molecule has 1 spiro atoms. The molecule has 4 rings (SSSR count). The van der Waals surface area contributed by atoms with Crippen LogP contribution in [0.25, 0.3) is 0 Å². The van der Waals surface area contributed by atoms with E-state index in [0.717, 1.165) is 46.9 Å². The van der Waals surface area contributed by atoms with Gasteiger partial charge in [-0.25, -0.2) is 0 Å². The van der Waals surface area contributed by atoms with Crippen LogP contribution in [-0.4, -0.2) is 50.6 Å². The molecule has 2 aliphatic heterocycles. The van der Waals surface area contributed by atoms with E-state index >= 15 is 0 Å². The van der Waals surface area contributed by atoms with Gasteiger partial charge in [0.1, 0.15) is 12.2 Å². The fourth-order valence-electron chi connectivity index (χ4n) is 4.32. The van der Waals surface area contributed by atoms with E-state index in [9.17, 15) is 20.4 Å². The zero-order valence-corrected chi connectivity index (χ0v) is 18.4. The molecule has 0 saturated carbocycles. The van der Waals surface area contributed by atoms with E-state index in [1.165, 1.54) is 5.56 Å². The minimum atomic E-state index is -1.42. The second-order valence-electron chi connectivity index (χ2n) is 8.07. The maximum Gasteiger partial charge on any atom is 0.168 e. The van der Waals surface area contributed by atoms with Crippen LogP contribution in [-0.2, 0) is 29.1 Å². The van der Waals surface area contributed by atoms with Crippen molar-refractivity contribution in [1.82, 2.24) is 0 Å². The van der Waals surface area contributed by atoms with Gasteiger partial charge >= 0.3 is 0 Å². The fraction of sp³-hybridized carbons (Fsp3) is 0.478. The number of thioether (sulfide) groups is 1. The fourth-order valence-corrected chi connectivity index (χ4v) is 6.12. The molecule has 2 aromatic rings. The molecule has 5 nitrogen and oxygen atoms in total. The predicted octanol–water partition coefficient (Wildman–Crippen LogP) is 2.76. The van der Waals surface area contributed by atoms with Crippen LogP contribution in [0.5, 0.6) is 0 Å². The number of benzene rings is 2. The quantitative estimate of drug-likeness (QED) is 0.560. The first-order valence-electron chi connectivity index (χ1n) is 10.3. The molecule has 30 heavy (non-hydrogen) atoms. The highest BCUT2D eigenvalue weighted by Crippen LogP contribution is 2.54. The molecule has 4 N–H and O–H groups in total. The first kappa shape index (κ1) is 22.1. The number of halogens is 1. The van der Waals surface area contributed by atoms with Gasteiger partial charge in [0.25, 0.3) is 0 Å². The Hall–Kier alpha value is -1.12. The first-order valence-corrected chi connectivity index (χ1v) is 11.5. The lowest BCUT2D eigenvalue weighted by Crippen LogP contribution is -2.58. The molecule has 0 aliphatic carbocycles. The largest absolute Gasteiger partial charge is 0.395 e. The highest BCUT2D eigenvalue weighted by Gasteiger charge is 2.57. The average molecular weight is 451 g/mol. The van der Waals surface area contributed by atoms with Crippen LogP contribution >= 0.6 is 23.4 Å². The molecule has 0 radical (unpaired) electrons. The second-order valence-corrected chi connectivity index (χ2v) is 9.92. The number of aryl methyl sites for hydroxylation is 1. The number of fused-ring (bicyclic) bond motifs is 2. The molecule has 1 saturated heterocycles. The Morgan fingerprint density at radius 2 is 1.80 bits per heavy atom. The molecule has 2 aromatic carbocycles.